The Morgan fingerprint density at radius 1 is 1.29 bits per heavy atom. The predicted molar refractivity (Wildman–Crippen MR) is 74.1 cm³/mol. The van der Waals surface area contributed by atoms with Crippen LogP contribution in [0.15, 0.2) is 18.2 Å². The Labute approximate surface area is 109 Å². The summed E-state index contributed by atoms with van der Waals surface area (Å²) in [6.07, 6.45) is 0. The van der Waals surface area contributed by atoms with Crippen molar-refractivity contribution in [2.75, 3.05) is 19.5 Å². The average Bonchev–Trinajstić information content (AvgIpc) is 2.28. The topological polar surface area (TPSA) is 21.3 Å². The van der Waals surface area contributed by atoms with Crippen LogP contribution >= 0.6 is 11.6 Å². The highest BCUT2D eigenvalue weighted by Gasteiger charge is 2.18. The van der Waals surface area contributed by atoms with Crippen molar-refractivity contribution in [3.63, 3.8) is 0 Å². The first-order valence-electron chi connectivity index (χ1n) is 5.93. The number of ether oxygens (including phenoxy) is 1. The van der Waals surface area contributed by atoms with Crippen LogP contribution in [-0.4, -0.2) is 19.5 Å². The van der Waals surface area contributed by atoms with E-state index in [2.05, 4.69) is 38.2 Å². The zero-order valence-electron chi connectivity index (χ0n) is 11.1. The molecule has 1 rings (SSSR count). The number of alkyl halides is 1. The third-order valence-electron chi connectivity index (χ3n) is 2.67. The van der Waals surface area contributed by atoms with Gasteiger partial charge in [-0.1, -0.05) is 32.9 Å². The number of benzene rings is 1. The van der Waals surface area contributed by atoms with Gasteiger partial charge in [0.25, 0.3) is 0 Å². The van der Waals surface area contributed by atoms with Crippen molar-refractivity contribution in [3.05, 3.63) is 29.3 Å². The van der Waals surface area contributed by atoms with Crippen LogP contribution < -0.4 is 10.1 Å². The monoisotopic (exact) mass is 255 g/mol. The molecule has 0 atom stereocenters. The molecule has 0 aliphatic carbocycles. The molecule has 0 spiro atoms. The van der Waals surface area contributed by atoms with E-state index in [1.54, 1.807) is 7.11 Å². The summed E-state index contributed by atoms with van der Waals surface area (Å²) in [5, 5.41) is 3.29. The lowest BCUT2D eigenvalue weighted by molar-refractivity contribution is 0.397. The van der Waals surface area contributed by atoms with Crippen LogP contribution in [0.4, 0.5) is 0 Å². The third-order valence-corrected chi connectivity index (χ3v) is 2.86. The molecule has 0 unspecified atom stereocenters. The van der Waals surface area contributed by atoms with E-state index in [0.29, 0.717) is 5.88 Å². The Hall–Kier alpha value is -0.730. The largest absolute Gasteiger partial charge is 0.496 e. The minimum absolute atomic E-state index is 0.0911. The molecule has 0 heterocycles. The molecule has 0 aliphatic heterocycles. The lowest BCUT2D eigenvalue weighted by atomic mass is 9.85. The molecule has 0 bridgehead atoms. The molecule has 96 valence electrons. The highest BCUT2D eigenvalue weighted by atomic mass is 35.5. The summed E-state index contributed by atoms with van der Waals surface area (Å²) in [4.78, 5) is 0. The zero-order chi connectivity index (χ0) is 12.9. The fourth-order valence-electron chi connectivity index (χ4n) is 1.75. The molecule has 0 radical (unpaired) electrons. The normalized spacial score (nSPS) is 11.6. The van der Waals surface area contributed by atoms with Crippen LogP contribution in [0.2, 0.25) is 0 Å². The van der Waals surface area contributed by atoms with Crippen LogP contribution in [0.25, 0.3) is 0 Å². The number of hydrogen-bond acceptors (Lipinski definition) is 2. The summed E-state index contributed by atoms with van der Waals surface area (Å²) < 4.78 is 5.41. The van der Waals surface area contributed by atoms with Crippen molar-refractivity contribution in [1.82, 2.24) is 5.32 Å². The second-order valence-electron chi connectivity index (χ2n) is 5.15. The molecule has 1 N–H and O–H groups in total. The fourth-order valence-corrected chi connectivity index (χ4v) is 1.88. The number of rotatable bonds is 5. The quantitative estimate of drug-likeness (QED) is 0.644. The van der Waals surface area contributed by atoms with E-state index < -0.39 is 0 Å². The van der Waals surface area contributed by atoms with Crippen molar-refractivity contribution in [2.24, 2.45) is 0 Å². The lowest BCUT2D eigenvalue weighted by Gasteiger charge is -2.23. The standard InChI is InChI=1S/C14H22ClNO/c1-14(2,3)12-9-11(10-16-8-7-15)5-6-13(12)17-4/h5-6,9,16H,7-8,10H2,1-4H3. The van der Waals surface area contributed by atoms with Gasteiger partial charge in [-0.05, 0) is 22.6 Å². The minimum Gasteiger partial charge on any atom is -0.496 e. The van der Waals surface area contributed by atoms with Gasteiger partial charge in [-0.15, -0.1) is 11.6 Å². The van der Waals surface area contributed by atoms with Crippen molar-refractivity contribution >= 4 is 11.6 Å². The second kappa shape index (κ2) is 6.27. The van der Waals surface area contributed by atoms with Gasteiger partial charge in [0.15, 0.2) is 0 Å². The maximum Gasteiger partial charge on any atom is 0.122 e. The number of hydrogen-bond donors (Lipinski definition) is 1. The first-order chi connectivity index (χ1) is 7.99. The molecule has 0 saturated carbocycles. The van der Waals surface area contributed by atoms with Crippen molar-refractivity contribution < 1.29 is 4.74 Å². The van der Waals surface area contributed by atoms with Crippen LogP contribution in [-0.2, 0) is 12.0 Å². The number of halogens is 1. The van der Waals surface area contributed by atoms with E-state index in [1.807, 2.05) is 6.07 Å². The van der Waals surface area contributed by atoms with E-state index in [1.165, 1.54) is 11.1 Å². The zero-order valence-corrected chi connectivity index (χ0v) is 11.9. The maximum atomic E-state index is 5.64. The van der Waals surface area contributed by atoms with Gasteiger partial charge in [0.2, 0.25) is 0 Å². The molecule has 17 heavy (non-hydrogen) atoms. The van der Waals surface area contributed by atoms with Crippen molar-refractivity contribution in [2.45, 2.75) is 32.7 Å². The summed E-state index contributed by atoms with van der Waals surface area (Å²) in [6, 6.07) is 6.34. The molecular formula is C14H22ClNO. The van der Waals surface area contributed by atoms with Gasteiger partial charge in [-0.3, -0.25) is 0 Å². The molecule has 1 aromatic carbocycles. The molecule has 0 fully saturated rings. The average molecular weight is 256 g/mol. The molecule has 3 heteroatoms. The van der Waals surface area contributed by atoms with Crippen LogP contribution in [0.3, 0.4) is 0 Å². The molecule has 0 aromatic heterocycles. The van der Waals surface area contributed by atoms with Crippen molar-refractivity contribution in [3.8, 4) is 5.75 Å². The van der Waals surface area contributed by atoms with Gasteiger partial charge in [0, 0.05) is 19.0 Å². The molecular weight excluding hydrogens is 234 g/mol. The molecule has 0 aliphatic rings. The van der Waals surface area contributed by atoms with E-state index in [-0.39, 0.29) is 5.41 Å². The van der Waals surface area contributed by atoms with Gasteiger partial charge >= 0.3 is 0 Å². The van der Waals surface area contributed by atoms with Gasteiger partial charge in [-0.25, -0.2) is 0 Å². The minimum atomic E-state index is 0.0911. The SMILES string of the molecule is COc1ccc(CNCCCl)cc1C(C)(C)C. The Balaban J connectivity index is 2.89. The summed E-state index contributed by atoms with van der Waals surface area (Å²) in [6.45, 7) is 8.26. The van der Waals surface area contributed by atoms with Gasteiger partial charge in [0.1, 0.15) is 5.75 Å². The number of nitrogens with one attached hydrogen (secondary N) is 1. The summed E-state index contributed by atoms with van der Waals surface area (Å²) in [5.74, 6) is 1.60. The Kier molecular flexibility index (Phi) is 5.29. The van der Waals surface area contributed by atoms with E-state index in [4.69, 9.17) is 16.3 Å². The van der Waals surface area contributed by atoms with E-state index in [0.717, 1.165) is 18.8 Å². The first kappa shape index (κ1) is 14.3. The fraction of sp³-hybridized carbons (Fsp3) is 0.571. The van der Waals surface area contributed by atoms with Crippen LogP contribution in [0.5, 0.6) is 5.75 Å². The van der Waals surface area contributed by atoms with Crippen LogP contribution in [0, 0.1) is 0 Å². The molecule has 2 nitrogen and oxygen atoms in total. The Bertz CT molecular complexity index is 358. The predicted octanol–water partition coefficient (Wildman–Crippen LogP) is 3.32. The second-order valence-corrected chi connectivity index (χ2v) is 5.53. The lowest BCUT2D eigenvalue weighted by Crippen LogP contribution is -2.17. The highest BCUT2D eigenvalue weighted by Crippen LogP contribution is 2.31. The van der Waals surface area contributed by atoms with Crippen molar-refractivity contribution in [1.29, 1.82) is 0 Å². The Morgan fingerprint density at radius 3 is 2.53 bits per heavy atom. The summed E-state index contributed by atoms with van der Waals surface area (Å²) >= 11 is 5.64. The number of methoxy groups -OCH3 is 1. The van der Waals surface area contributed by atoms with E-state index in [9.17, 15) is 0 Å². The van der Waals surface area contributed by atoms with Gasteiger partial charge < -0.3 is 10.1 Å². The summed E-state index contributed by atoms with van der Waals surface area (Å²) in [5.41, 5.74) is 2.60. The molecule has 0 amide bonds. The van der Waals surface area contributed by atoms with Crippen LogP contribution in [0.1, 0.15) is 31.9 Å². The molecule has 0 saturated heterocycles. The van der Waals surface area contributed by atoms with Gasteiger partial charge in [-0.2, -0.15) is 0 Å². The summed E-state index contributed by atoms with van der Waals surface area (Å²) in [7, 11) is 1.72. The van der Waals surface area contributed by atoms with E-state index >= 15 is 0 Å². The molecule has 1 aromatic rings. The highest BCUT2D eigenvalue weighted by molar-refractivity contribution is 6.18. The van der Waals surface area contributed by atoms with Gasteiger partial charge in [0.05, 0.1) is 7.11 Å². The Morgan fingerprint density at radius 2 is 2.00 bits per heavy atom. The first-order valence-corrected chi connectivity index (χ1v) is 6.46. The smallest absolute Gasteiger partial charge is 0.122 e. The third kappa shape index (κ3) is 4.21. The maximum absolute atomic E-state index is 5.64.